The van der Waals surface area contributed by atoms with E-state index in [1.54, 1.807) is 18.2 Å². The second-order valence-corrected chi connectivity index (χ2v) is 6.26. The van der Waals surface area contributed by atoms with E-state index in [0.717, 1.165) is 6.07 Å². The zero-order valence-electron chi connectivity index (χ0n) is 14.3. The Morgan fingerprint density at radius 1 is 1.07 bits per heavy atom. The van der Waals surface area contributed by atoms with Gasteiger partial charge in [0, 0.05) is 11.3 Å². The molecule has 0 spiro atoms. The summed E-state index contributed by atoms with van der Waals surface area (Å²) in [6.45, 7) is 0.837. The van der Waals surface area contributed by atoms with Crippen molar-refractivity contribution in [2.45, 2.75) is 12.8 Å². The molecule has 0 saturated heterocycles. The smallest absolute Gasteiger partial charge is 0.418 e. The molecule has 1 N–H and O–H groups in total. The van der Waals surface area contributed by atoms with E-state index in [2.05, 4.69) is 10.4 Å². The molecule has 0 atom stereocenters. The first-order valence-corrected chi connectivity index (χ1v) is 8.71. The summed E-state index contributed by atoms with van der Waals surface area (Å²) in [6.07, 6.45) is -4.47. The summed E-state index contributed by atoms with van der Waals surface area (Å²) in [4.78, 5) is 0.0295. The predicted molar refractivity (Wildman–Crippen MR) is 96.8 cm³/mol. The van der Waals surface area contributed by atoms with Gasteiger partial charge in [0.05, 0.1) is 5.56 Å². The Morgan fingerprint density at radius 2 is 1.82 bits per heavy atom. The minimum absolute atomic E-state index is 0.0295. The highest BCUT2D eigenvalue weighted by atomic mass is 32.1. The second kappa shape index (κ2) is 7.19. The highest BCUT2D eigenvalue weighted by Gasteiger charge is 2.33. The number of hydrogen-bond acceptors (Lipinski definition) is 6. The average molecular weight is 409 g/mol. The molecule has 0 unspecified atom stereocenters. The molecule has 6 nitrogen and oxygen atoms in total. The van der Waals surface area contributed by atoms with Crippen molar-refractivity contribution < 1.29 is 27.1 Å². The topological polar surface area (TPSA) is 61.5 Å². The van der Waals surface area contributed by atoms with Crippen LogP contribution in [-0.2, 0) is 12.8 Å². The highest BCUT2D eigenvalue weighted by Crippen LogP contribution is 2.35. The van der Waals surface area contributed by atoms with Gasteiger partial charge in [0.2, 0.25) is 5.89 Å². The SMILES string of the molecule is FC(F)(F)c1ccccc1NCn1nc(-c2ccc3c(c2)OCCO3)oc1=S. The van der Waals surface area contributed by atoms with Crippen LogP contribution in [0.3, 0.4) is 0 Å². The quantitative estimate of drug-likeness (QED) is 0.629. The number of aromatic nitrogens is 2. The molecule has 146 valence electrons. The Hall–Kier alpha value is -3.01. The van der Waals surface area contributed by atoms with Crippen LogP contribution in [0, 0.1) is 4.84 Å². The van der Waals surface area contributed by atoms with Crippen LogP contribution in [0.25, 0.3) is 11.5 Å². The van der Waals surface area contributed by atoms with E-state index in [1.165, 1.54) is 22.9 Å². The van der Waals surface area contributed by atoms with Crippen LogP contribution in [0.1, 0.15) is 5.56 Å². The number of fused-ring (bicyclic) bond motifs is 1. The third-order valence-corrected chi connectivity index (χ3v) is 4.34. The molecule has 1 aromatic heterocycles. The van der Waals surface area contributed by atoms with Crippen molar-refractivity contribution in [2.75, 3.05) is 18.5 Å². The van der Waals surface area contributed by atoms with E-state index >= 15 is 0 Å². The van der Waals surface area contributed by atoms with Gasteiger partial charge in [0.25, 0.3) is 4.84 Å². The molecular formula is C18H14F3N3O3S. The van der Waals surface area contributed by atoms with Gasteiger partial charge in [0.1, 0.15) is 19.9 Å². The zero-order valence-corrected chi connectivity index (χ0v) is 15.1. The van der Waals surface area contributed by atoms with Crippen molar-refractivity contribution in [3.05, 3.63) is 52.9 Å². The molecule has 28 heavy (non-hydrogen) atoms. The first-order chi connectivity index (χ1) is 13.4. The average Bonchev–Trinajstić information content (AvgIpc) is 3.06. The molecule has 2 aromatic carbocycles. The first-order valence-electron chi connectivity index (χ1n) is 8.30. The van der Waals surface area contributed by atoms with Gasteiger partial charge in [-0.2, -0.15) is 13.2 Å². The predicted octanol–water partition coefficient (Wildman–Crippen LogP) is 4.73. The molecule has 1 aliphatic heterocycles. The monoisotopic (exact) mass is 409 g/mol. The number of para-hydroxylation sites is 1. The lowest BCUT2D eigenvalue weighted by molar-refractivity contribution is -0.137. The van der Waals surface area contributed by atoms with Crippen molar-refractivity contribution >= 4 is 17.9 Å². The summed E-state index contributed by atoms with van der Waals surface area (Å²) in [5, 5.41) is 6.94. The van der Waals surface area contributed by atoms with Crippen molar-refractivity contribution in [3.8, 4) is 23.0 Å². The number of alkyl halides is 3. The molecule has 3 aromatic rings. The number of benzene rings is 2. The Balaban J connectivity index is 1.56. The molecule has 1 aliphatic rings. The summed E-state index contributed by atoms with van der Waals surface area (Å²) in [6, 6.07) is 10.4. The number of nitrogens with one attached hydrogen (secondary N) is 1. The Labute approximate surface area is 162 Å². The van der Waals surface area contributed by atoms with Crippen LogP contribution in [0.2, 0.25) is 0 Å². The molecule has 0 saturated carbocycles. The lowest BCUT2D eigenvalue weighted by Crippen LogP contribution is -2.15. The number of rotatable bonds is 4. The molecule has 0 fully saturated rings. The molecule has 2 heterocycles. The van der Waals surface area contributed by atoms with Gasteiger partial charge in [-0.15, -0.1) is 5.10 Å². The lowest BCUT2D eigenvalue weighted by atomic mass is 10.2. The molecule has 0 aliphatic carbocycles. The van der Waals surface area contributed by atoms with E-state index in [9.17, 15) is 13.2 Å². The minimum atomic E-state index is -4.47. The van der Waals surface area contributed by atoms with Crippen molar-refractivity contribution in [1.29, 1.82) is 0 Å². The van der Waals surface area contributed by atoms with Crippen molar-refractivity contribution in [3.63, 3.8) is 0 Å². The molecule has 0 radical (unpaired) electrons. The largest absolute Gasteiger partial charge is 0.486 e. The van der Waals surface area contributed by atoms with E-state index < -0.39 is 11.7 Å². The van der Waals surface area contributed by atoms with Crippen LogP contribution in [0.4, 0.5) is 18.9 Å². The third kappa shape index (κ3) is 3.68. The van der Waals surface area contributed by atoms with Crippen LogP contribution in [-0.4, -0.2) is 23.0 Å². The number of hydrogen-bond donors (Lipinski definition) is 1. The summed E-state index contributed by atoms with van der Waals surface area (Å²) in [5.41, 5.74) is -0.220. The summed E-state index contributed by atoms with van der Waals surface area (Å²) >= 11 is 5.13. The zero-order chi connectivity index (χ0) is 19.7. The van der Waals surface area contributed by atoms with Gasteiger partial charge in [-0.05, 0) is 42.5 Å². The van der Waals surface area contributed by atoms with Gasteiger partial charge in [-0.1, -0.05) is 12.1 Å². The van der Waals surface area contributed by atoms with Crippen LogP contribution in [0.5, 0.6) is 11.5 Å². The van der Waals surface area contributed by atoms with E-state index in [0.29, 0.717) is 30.3 Å². The number of nitrogens with zero attached hydrogens (tertiary/aromatic N) is 2. The number of ether oxygens (including phenoxy) is 2. The van der Waals surface area contributed by atoms with Gasteiger partial charge in [-0.3, -0.25) is 0 Å². The molecule has 0 amide bonds. The van der Waals surface area contributed by atoms with Gasteiger partial charge in [0.15, 0.2) is 11.5 Å². The van der Waals surface area contributed by atoms with E-state index in [1.807, 2.05) is 0 Å². The Bertz CT molecular complexity index is 1060. The molecule has 10 heteroatoms. The van der Waals surface area contributed by atoms with Crippen LogP contribution < -0.4 is 14.8 Å². The maximum Gasteiger partial charge on any atom is 0.418 e. The minimum Gasteiger partial charge on any atom is -0.486 e. The molecule has 0 bridgehead atoms. The third-order valence-electron chi connectivity index (χ3n) is 4.05. The van der Waals surface area contributed by atoms with Crippen LogP contribution >= 0.6 is 12.2 Å². The molecule has 4 rings (SSSR count). The van der Waals surface area contributed by atoms with Gasteiger partial charge < -0.3 is 19.2 Å². The van der Waals surface area contributed by atoms with Gasteiger partial charge >= 0.3 is 6.18 Å². The lowest BCUT2D eigenvalue weighted by Gasteiger charge is -2.18. The fourth-order valence-electron chi connectivity index (χ4n) is 2.74. The molecular weight excluding hydrogens is 395 g/mol. The first kappa shape index (κ1) is 18.4. The van der Waals surface area contributed by atoms with Crippen molar-refractivity contribution in [2.24, 2.45) is 0 Å². The standard InChI is InChI=1S/C18H14F3N3O3S/c19-18(20,21)12-3-1-2-4-13(12)22-10-24-17(28)27-16(23-24)11-5-6-14-15(9-11)26-8-7-25-14/h1-6,9,22H,7-8,10H2. The maximum atomic E-state index is 13.1. The second-order valence-electron chi connectivity index (χ2n) is 5.91. The van der Waals surface area contributed by atoms with E-state index in [4.69, 9.17) is 26.1 Å². The van der Waals surface area contributed by atoms with Gasteiger partial charge in [-0.25, -0.2) is 4.68 Å². The summed E-state index contributed by atoms with van der Waals surface area (Å²) < 4.78 is 57.0. The van der Waals surface area contributed by atoms with E-state index in [-0.39, 0.29) is 23.1 Å². The van der Waals surface area contributed by atoms with Crippen LogP contribution in [0.15, 0.2) is 46.9 Å². The van der Waals surface area contributed by atoms with Crippen molar-refractivity contribution in [1.82, 2.24) is 9.78 Å². The number of anilines is 1. The Morgan fingerprint density at radius 3 is 2.61 bits per heavy atom. The fourth-order valence-corrected chi connectivity index (χ4v) is 2.93. The maximum absolute atomic E-state index is 13.1. The highest BCUT2D eigenvalue weighted by molar-refractivity contribution is 7.71. The Kier molecular flexibility index (Phi) is 4.71. The fraction of sp³-hybridized carbons (Fsp3) is 0.222. The normalized spacial score (nSPS) is 13.4. The summed E-state index contributed by atoms with van der Waals surface area (Å²) in [7, 11) is 0. The summed E-state index contributed by atoms with van der Waals surface area (Å²) in [5.74, 6) is 1.42. The number of halogens is 3.